The average Bonchev–Trinajstić information content (AvgIpc) is 2.54. The van der Waals surface area contributed by atoms with Crippen molar-refractivity contribution in [2.45, 2.75) is 65.3 Å². The molecular weight excluding hydrogens is 290 g/mol. The standard InChI is InChI=1S/C18H33N3O2/c1-18(2,3)17(23)21-10-6-8-14(12-21)16(22)20-15-9-5-4-7-13(15)11-19/h13-15H,4-12,19H2,1-3H3,(H,20,22). The maximum absolute atomic E-state index is 12.7. The minimum atomic E-state index is -0.383. The molecule has 0 aromatic carbocycles. The van der Waals surface area contributed by atoms with Crippen molar-refractivity contribution in [2.75, 3.05) is 19.6 Å². The summed E-state index contributed by atoms with van der Waals surface area (Å²) in [7, 11) is 0. The van der Waals surface area contributed by atoms with Crippen molar-refractivity contribution >= 4 is 11.8 Å². The van der Waals surface area contributed by atoms with Gasteiger partial charge >= 0.3 is 0 Å². The van der Waals surface area contributed by atoms with Crippen LogP contribution < -0.4 is 11.1 Å². The van der Waals surface area contributed by atoms with E-state index in [0.29, 0.717) is 19.0 Å². The van der Waals surface area contributed by atoms with Crippen LogP contribution in [0.4, 0.5) is 0 Å². The van der Waals surface area contributed by atoms with Crippen molar-refractivity contribution in [3.63, 3.8) is 0 Å². The Kier molecular flexibility index (Phi) is 6.06. The van der Waals surface area contributed by atoms with Gasteiger partial charge in [-0.3, -0.25) is 9.59 Å². The zero-order valence-corrected chi connectivity index (χ0v) is 14.9. The Morgan fingerprint density at radius 2 is 1.83 bits per heavy atom. The highest BCUT2D eigenvalue weighted by molar-refractivity contribution is 5.84. The third-order valence-electron chi connectivity index (χ3n) is 5.26. The third kappa shape index (κ3) is 4.69. The maximum Gasteiger partial charge on any atom is 0.227 e. The quantitative estimate of drug-likeness (QED) is 0.833. The van der Waals surface area contributed by atoms with Gasteiger partial charge in [0.1, 0.15) is 0 Å². The van der Waals surface area contributed by atoms with Crippen LogP contribution in [-0.4, -0.2) is 42.4 Å². The molecule has 3 N–H and O–H groups in total. The van der Waals surface area contributed by atoms with E-state index >= 15 is 0 Å². The monoisotopic (exact) mass is 323 g/mol. The Balaban J connectivity index is 1.92. The molecule has 0 bridgehead atoms. The molecule has 3 unspecified atom stereocenters. The van der Waals surface area contributed by atoms with Gasteiger partial charge in [-0.1, -0.05) is 33.6 Å². The van der Waals surface area contributed by atoms with Crippen LogP contribution in [0, 0.1) is 17.3 Å². The molecule has 0 spiro atoms. The van der Waals surface area contributed by atoms with Gasteiger partial charge in [-0.2, -0.15) is 0 Å². The molecule has 0 radical (unpaired) electrons. The molecular formula is C18H33N3O2. The van der Waals surface area contributed by atoms with Gasteiger partial charge in [0.15, 0.2) is 0 Å². The maximum atomic E-state index is 12.7. The van der Waals surface area contributed by atoms with E-state index in [1.165, 1.54) is 12.8 Å². The number of amides is 2. The fraction of sp³-hybridized carbons (Fsp3) is 0.889. The number of carbonyl (C=O) groups excluding carboxylic acids is 2. The normalized spacial score (nSPS) is 29.2. The number of nitrogens with one attached hydrogen (secondary N) is 1. The fourth-order valence-corrected chi connectivity index (χ4v) is 3.83. The molecule has 132 valence electrons. The van der Waals surface area contributed by atoms with Crippen LogP contribution in [0.1, 0.15) is 59.3 Å². The molecule has 23 heavy (non-hydrogen) atoms. The number of likely N-dealkylation sites (tertiary alicyclic amines) is 1. The van der Waals surface area contributed by atoms with E-state index in [2.05, 4.69) is 5.32 Å². The first kappa shape index (κ1) is 18.2. The molecule has 2 aliphatic rings. The number of nitrogens with two attached hydrogens (primary N) is 1. The highest BCUT2D eigenvalue weighted by Crippen LogP contribution is 2.26. The van der Waals surface area contributed by atoms with Crippen molar-refractivity contribution in [3.8, 4) is 0 Å². The summed E-state index contributed by atoms with van der Waals surface area (Å²) in [5, 5.41) is 3.23. The minimum absolute atomic E-state index is 0.0737. The smallest absolute Gasteiger partial charge is 0.227 e. The second-order valence-electron chi connectivity index (χ2n) is 8.24. The van der Waals surface area contributed by atoms with E-state index in [0.717, 1.165) is 32.2 Å². The van der Waals surface area contributed by atoms with Crippen LogP contribution in [0.2, 0.25) is 0 Å². The van der Waals surface area contributed by atoms with Gasteiger partial charge in [0.25, 0.3) is 0 Å². The van der Waals surface area contributed by atoms with E-state index in [1.54, 1.807) is 0 Å². The number of hydrogen-bond acceptors (Lipinski definition) is 3. The third-order valence-corrected chi connectivity index (χ3v) is 5.26. The SMILES string of the molecule is CC(C)(C)C(=O)N1CCCC(C(=O)NC2CCCCC2CN)C1. The molecule has 1 aliphatic heterocycles. The minimum Gasteiger partial charge on any atom is -0.353 e. The Morgan fingerprint density at radius 1 is 1.13 bits per heavy atom. The Morgan fingerprint density at radius 3 is 2.48 bits per heavy atom. The second-order valence-corrected chi connectivity index (χ2v) is 8.24. The highest BCUT2D eigenvalue weighted by atomic mass is 16.2. The molecule has 5 heteroatoms. The zero-order valence-electron chi connectivity index (χ0n) is 14.9. The number of nitrogens with zero attached hydrogens (tertiary/aromatic N) is 1. The van der Waals surface area contributed by atoms with E-state index < -0.39 is 0 Å². The summed E-state index contributed by atoms with van der Waals surface area (Å²) >= 11 is 0. The molecule has 0 aromatic heterocycles. The predicted octanol–water partition coefficient (Wildman–Crippen LogP) is 1.90. The van der Waals surface area contributed by atoms with Crippen LogP contribution in [0.3, 0.4) is 0 Å². The van der Waals surface area contributed by atoms with Crippen LogP contribution in [0.25, 0.3) is 0 Å². The summed E-state index contributed by atoms with van der Waals surface area (Å²) in [5.74, 6) is 0.591. The topological polar surface area (TPSA) is 75.4 Å². The Hall–Kier alpha value is -1.10. The molecule has 2 fully saturated rings. The number of hydrogen-bond donors (Lipinski definition) is 2. The van der Waals surface area contributed by atoms with E-state index in [4.69, 9.17) is 5.73 Å². The van der Waals surface area contributed by atoms with Gasteiger partial charge < -0.3 is 16.0 Å². The van der Waals surface area contributed by atoms with Crippen molar-refractivity contribution in [2.24, 2.45) is 23.0 Å². The molecule has 3 atom stereocenters. The summed E-state index contributed by atoms with van der Waals surface area (Å²) in [6, 6.07) is 0.218. The van der Waals surface area contributed by atoms with Gasteiger partial charge in [-0.05, 0) is 38.1 Å². The average molecular weight is 323 g/mol. The van der Waals surface area contributed by atoms with E-state index in [-0.39, 0.29) is 29.2 Å². The number of carbonyl (C=O) groups is 2. The Bertz CT molecular complexity index is 430. The number of rotatable bonds is 3. The molecule has 2 rings (SSSR count). The van der Waals surface area contributed by atoms with Gasteiger partial charge in [0.2, 0.25) is 11.8 Å². The van der Waals surface area contributed by atoms with Crippen LogP contribution >= 0.6 is 0 Å². The lowest BCUT2D eigenvalue weighted by Gasteiger charge is -2.37. The largest absolute Gasteiger partial charge is 0.353 e. The summed E-state index contributed by atoms with van der Waals surface area (Å²) < 4.78 is 0. The van der Waals surface area contributed by atoms with Crippen molar-refractivity contribution in [1.29, 1.82) is 0 Å². The van der Waals surface area contributed by atoms with Crippen molar-refractivity contribution in [1.82, 2.24) is 10.2 Å². The van der Waals surface area contributed by atoms with Gasteiger partial charge in [-0.25, -0.2) is 0 Å². The van der Waals surface area contributed by atoms with Crippen LogP contribution in [0.5, 0.6) is 0 Å². The van der Waals surface area contributed by atoms with E-state index in [9.17, 15) is 9.59 Å². The molecule has 1 saturated carbocycles. The molecule has 1 heterocycles. The fourth-order valence-electron chi connectivity index (χ4n) is 3.83. The lowest BCUT2D eigenvalue weighted by molar-refractivity contribution is -0.143. The lowest BCUT2D eigenvalue weighted by atomic mass is 9.84. The molecule has 0 aromatic rings. The Labute approximate surface area is 140 Å². The first-order valence-electron chi connectivity index (χ1n) is 9.12. The summed E-state index contributed by atoms with van der Waals surface area (Å²) in [6.07, 6.45) is 6.31. The molecule has 1 saturated heterocycles. The molecule has 2 amide bonds. The molecule has 5 nitrogen and oxygen atoms in total. The molecule has 1 aliphatic carbocycles. The van der Waals surface area contributed by atoms with Gasteiger partial charge in [-0.15, -0.1) is 0 Å². The van der Waals surface area contributed by atoms with Crippen molar-refractivity contribution < 1.29 is 9.59 Å². The lowest BCUT2D eigenvalue weighted by Crippen LogP contribution is -2.52. The van der Waals surface area contributed by atoms with Crippen LogP contribution in [-0.2, 0) is 9.59 Å². The van der Waals surface area contributed by atoms with Gasteiger partial charge in [0.05, 0.1) is 5.92 Å². The van der Waals surface area contributed by atoms with E-state index in [1.807, 2.05) is 25.7 Å². The first-order valence-corrected chi connectivity index (χ1v) is 9.12. The second kappa shape index (κ2) is 7.65. The number of piperidine rings is 1. The summed E-state index contributed by atoms with van der Waals surface area (Å²) in [4.78, 5) is 27.0. The summed E-state index contributed by atoms with van der Waals surface area (Å²) in [6.45, 7) is 7.79. The van der Waals surface area contributed by atoms with Crippen molar-refractivity contribution in [3.05, 3.63) is 0 Å². The zero-order chi connectivity index (χ0) is 17.0. The van der Waals surface area contributed by atoms with Crippen LogP contribution in [0.15, 0.2) is 0 Å². The van der Waals surface area contributed by atoms with Gasteiger partial charge in [0, 0.05) is 24.5 Å². The highest BCUT2D eigenvalue weighted by Gasteiger charge is 2.34. The predicted molar refractivity (Wildman–Crippen MR) is 91.7 cm³/mol. The first-order chi connectivity index (χ1) is 10.8. The summed E-state index contributed by atoms with van der Waals surface area (Å²) in [5.41, 5.74) is 5.47.